The van der Waals surface area contributed by atoms with Gasteiger partial charge in [0, 0.05) is 13.2 Å². The van der Waals surface area contributed by atoms with Crippen molar-refractivity contribution in [2.45, 2.75) is 71.2 Å². The Balaban J connectivity index is 4.41. The van der Waals surface area contributed by atoms with Gasteiger partial charge in [-0.25, -0.2) is 0 Å². The summed E-state index contributed by atoms with van der Waals surface area (Å²) in [6.45, 7) is 10.7. The number of rotatable bonds is 10. The van der Waals surface area contributed by atoms with E-state index in [0.29, 0.717) is 13.0 Å². The van der Waals surface area contributed by atoms with E-state index in [0.717, 1.165) is 12.8 Å². The molecule has 0 aromatic heterocycles. The fourth-order valence-corrected chi connectivity index (χ4v) is 1.81. The van der Waals surface area contributed by atoms with Crippen LogP contribution in [0.5, 0.6) is 0 Å². The van der Waals surface area contributed by atoms with Gasteiger partial charge in [-0.15, -0.1) is 0 Å². The lowest BCUT2D eigenvalue weighted by molar-refractivity contribution is -0.158. The molecule has 0 rings (SSSR count). The Morgan fingerprint density at radius 3 is 2.06 bits per heavy atom. The van der Waals surface area contributed by atoms with Crippen LogP contribution in [0.15, 0.2) is 0 Å². The van der Waals surface area contributed by atoms with Crippen LogP contribution >= 0.6 is 0 Å². The Hall–Kier alpha value is -0.160. The Kier molecular flexibility index (Phi) is 8.03. The van der Waals surface area contributed by atoms with E-state index >= 15 is 0 Å². The molecule has 0 aromatic carbocycles. The molecule has 4 heteroatoms. The Morgan fingerprint density at radius 2 is 1.67 bits per heavy atom. The molecule has 18 heavy (non-hydrogen) atoms. The molecule has 0 bridgehead atoms. The average molecular weight is 262 g/mol. The van der Waals surface area contributed by atoms with E-state index in [9.17, 15) is 5.11 Å². The molecule has 0 radical (unpaired) electrons. The highest BCUT2D eigenvalue weighted by molar-refractivity contribution is 4.84. The highest BCUT2D eigenvalue weighted by atomic mass is 16.5. The number of ether oxygens (including phenoxy) is 2. The number of aliphatic hydroxyl groups is 2. The van der Waals surface area contributed by atoms with Crippen LogP contribution in [0.1, 0.15) is 53.9 Å². The third kappa shape index (κ3) is 5.22. The predicted octanol–water partition coefficient (Wildman–Crippen LogP) is 2.12. The van der Waals surface area contributed by atoms with Crippen LogP contribution in [0.3, 0.4) is 0 Å². The monoisotopic (exact) mass is 262 g/mol. The fourth-order valence-electron chi connectivity index (χ4n) is 1.81. The van der Waals surface area contributed by atoms with Crippen molar-refractivity contribution in [3.8, 4) is 0 Å². The molecule has 0 spiro atoms. The standard InChI is InChI=1S/C14H30O4/c1-6-13(4,9-10-15)18-11-12(16)14(5,7-2)17-8-3/h12,15-16H,6-11H2,1-5H3. The molecule has 0 aliphatic carbocycles. The number of hydrogen-bond acceptors (Lipinski definition) is 4. The van der Waals surface area contributed by atoms with E-state index < -0.39 is 11.7 Å². The van der Waals surface area contributed by atoms with Gasteiger partial charge in [0.15, 0.2) is 0 Å². The summed E-state index contributed by atoms with van der Waals surface area (Å²) in [5, 5.41) is 19.2. The maximum absolute atomic E-state index is 10.2. The Labute approximate surface area is 111 Å². The summed E-state index contributed by atoms with van der Waals surface area (Å²) in [7, 11) is 0. The minimum Gasteiger partial charge on any atom is -0.396 e. The lowest BCUT2D eigenvalue weighted by Gasteiger charge is -2.36. The molecule has 3 unspecified atom stereocenters. The van der Waals surface area contributed by atoms with Gasteiger partial charge in [-0.05, 0) is 40.0 Å². The normalized spacial score (nSPS) is 20.2. The summed E-state index contributed by atoms with van der Waals surface area (Å²) >= 11 is 0. The van der Waals surface area contributed by atoms with E-state index in [1.54, 1.807) is 0 Å². The predicted molar refractivity (Wildman–Crippen MR) is 72.7 cm³/mol. The van der Waals surface area contributed by atoms with E-state index in [-0.39, 0.29) is 18.8 Å². The van der Waals surface area contributed by atoms with Gasteiger partial charge in [0.1, 0.15) is 6.10 Å². The lowest BCUT2D eigenvalue weighted by atomic mass is 9.95. The summed E-state index contributed by atoms with van der Waals surface area (Å²) in [6, 6.07) is 0. The number of aliphatic hydroxyl groups excluding tert-OH is 2. The molecule has 0 fully saturated rings. The zero-order valence-corrected chi connectivity index (χ0v) is 12.5. The van der Waals surface area contributed by atoms with Gasteiger partial charge < -0.3 is 19.7 Å². The van der Waals surface area contributed by atoms with Crippen molar-refractivity contribution in [1.29, 1.82) is 0 Å². The minimum absolute atomic E-state index is 0.0942. The second kappa shape index (κ2) is 8.10. The van der Waals surface area contributed by atoms with Gasteiger partial charge in [-0.3, -0.25) is 0 Å². The van der Waals surface area contributed by atoms with Gasteiger partial charge in [-0.2, -0.15) is 0 Å². The highest BCUT2D eigenvalue weighted by Gasteiger charge is 2.34. The van der Waals surface area contributed by atoms with Gasteiger partial charge in [0.2, 0.25) is 0 Å². The SMILES string of the molecule is CCOC(C)(CC)C(O)COC(C)(CC)CCO. The van der Waals surface area contributed by atoms with Crippen LogP contribution in [0.4, 0.5) is 0 Å². The molecular formula is C14H30O4. The van der Waals surface area contributed by atoms with Gasteiger partial charge in [0.05, 0.1) is 17.8 Å². The first-order chi connectivity index (χ1) is 8.37. The molecule has 0 amide bonds. The van der Waals surface area contributed by atoms with Crippen molar-refractivity contribution in [1.82, 2.24) is 0 Å². The minimum atomic E-state index is -0.660. The molecule has 110 valence electrons. The molecule has 0 heterocycles. The van der Waals surface area contributed by atoms with Gasteiger partial charge >= 0.3 is 0 Å². The molecule has 3 atom stereocenters. The van der Waals surface area contributed by atoms with Crippen molar-refractivity contribution in [3.63, 3.8) is 0 Å². The van der Waals surface area contributed by atoms with Crippen LogP contribution in [-0.2, 0) is 9.47 Å². The summed E-state index contributed by atoms with van der Waals surface area (Å²) in [6.07, 6.45) is 1.45. The Morgan fingerprint density at radius 1 is 1.06 bits per heavy atom. The number of hydrogen-bond donors (Lipinski definition) is 2. The van der Waals surface area contributed by atoms with E-state index in [2.05, 4.69) is 0 Å². The lowest BCUT2D eigenvalue weighted by Crippen LogP contribution is -2.46. The largest absolute Gasteiger partial charge is 0.396 e. The second-order valence-corrected chi connectivity index (χ2v) is 5.20. The third-order valence-electron chi connectivity index (χ3n) is 3.86. The van der Waals surface area contributed by atoms with Crippen LogP contribution < -0.4 is 0 Å². The molecule has 0 aliphatic rings. The first-order valence-electron chi connectivity index (χ1n) is 6.94. The van der Waals surface area contributed by atoms with Crippen molar-refractivity contribution < 1.29 is 19.7 Å². The summed E-state index contributed by atoms with van der Waals surface area (Å²) in [5.74, 6) is 0. The van der Waals surface area contributed by atoms with Crippen LogP contribution in [0.2, 0.25) is 0 Å². The molecular weight excluding hydrogens is 232 g/mol. The van der Waals surface area contributed by atoms with E-state index in [1.165, 1.54) is 0 Å². The molecule has 2 N–H and O–H groups in total. The first kappa shape index (κ1) is 17.8. The maximum atomic E-state index is 10.2. The van der Waals surface area contributed by atoms with Gasteiger partial charge in [0.25, 0.3) is 0 Å². The first-order valence-corrected chi connectivity index (χ1v) is 6.94. The van der Waals surface area contributed by atoms with Crippen molar-refractivity contribution in [2.75, 3.05) is 19.8 Å². The summed E-state index contributed by atoms with van der Waals surface area (Å²) in [5.41, 5.74) is -0.945. The van der Waals surface area contributed by atoms with Crippen LogP contribution in [0, 0.1) is 0 Å². The topological polar surface area (TPSA) is 58.9 Å². The van der Waals surface area contributed by atoms with Gasteiger partial charge in [-0.1, -0.05) is 13.8 Å². The smallest absolute Gasteiger partial charge is 0.106 e. The van der Waals surface area contributed by atoms with Crippen LogP contribution in [0.25, 0.3) is 0 Å². The molecule has 4 nitrogen and oxygen atoms in total. The quantitative estimate of drug-likeness (QED) is 0.633. The van der Waals surface area contributed by atoms with Crippen molar-refractivity contribution in [2.24, 2.45) is 0 Å². The third-order valence-corrected chi connectivity index (χ3v) is 3.86. The fraction of sp³-hybridized carbons (Fsp3) is 1.00. The maximum Gasteiger partial charge on any atom is 0.106 e. The molecule has 0 aliphatic heterocycles. The van der Waals surface area contributed by atoms with Crippen LogP contribution in [-0.4, -0.2) is 47.3 Å². The Bertz CT molecular complexity index is 222. The second-order valence-electron chi connectivity index (χ2n) is 5.20. The molecule has 0 saturated heterocycles. The average Bonchev–Trinajstić information content (AvgIpc) is 2.36. The van der Waals surface area contributed by atoms with Crippen molar-refractivity contribution >= 4 is 0 Å². The van der Waals surface area contributed by atoms with Crippen molar-refractivity contribution in [3.05, 3.63) is 0 Å². The zero-order valence-electron chi connectivity index (χ0n) is 12.5. The zero-order chi connectivity index (χ0) is 14.2. The highest BCUT2D eigenvalue weighted by Crippen LogP contribution is 2.24. The summed E-state index contributed by atoms with van der Waals surface area (Å²) < 4.78 is 11.4. The van der Waals surface area contributed by atoms with E-state index in [4.69, 9.17) is 14.6 Å². The molecule has 0 saturated carbocycles. The van der Waals surface area contributed by atoms with E-state index in [1.807, 2.05) is 34.6 Å². The summed E-state index contributed by atoms with van der Waals surface area (Å²) in [4.78, 5) is 0. The molecule has 0 aromatic rings.